The SMILES string of the molecule is CN(C)CCN(C)C(CNC(C)(C)C)c1ccccc1. The fraction of sp³-hybridized carbons (Fsp3) is 0.647. The molecule has 1 N–H and O–H groups in total. The number of nitrogens with zero attached hydrogens (tertiary/aromatic N) is 2. The van der Waals surface area contributed by atoms with E-state index in [4.69, 9.17) is 0 Å². The largest absolute Gasteiger partial charge is 0.310 e. The molecule has 0 spiro atoms. The Bertz CT molecular complexity index is 368. The van der Waals surface area contributed by atoms with Crippen LogP contribution in [0.2, 0.25) is 0 Å². The molecule has 0 radical (unpaired) electrons. The van der Waals surface area contributed by atoms with Gasteiger partial charge in [-0.25, -0.2) is 0 Å². The lowest BCUT2D eigenvalue weighted by Crippen LogP contribution is -2.43. The van der Waals surface area contributed by atoms with Crippen LogP contribution in [0.3, 0.4) is 0 Å². The van der Waals surface area contributed by atoms with Crippen molar-refractivity contribution in [3.63, 3.8) is 0 Å². The van der Waals surface area contributed by atoms with Gasteiger partial charge in [0, 0.05) is 31.2 Å². The number of hydrogen-bond acceptors (Lipinski definition) is 3. The second-order valence-corrected chi connectivity index (χ2v) is 6.84. The summed E-state index contributed by atoms with van der Waals surface area (Å²) in [5.74, 6) is 0. The molecule has 3 heteroatoms. The van der Waals surface area contributed by atoms with Crippen molar-refractivity contribution in [1.82, 2.24) is 15.1 Å². The molecule has 1 unspecified atom stereocenters. The van der Waals surface area contributed by atoms with Crippen LogP contribution in [0.25, 0.3) is 0 Å². The van der Waals surface area contributed by atoms with Gasteiger partial charge in [-0.15, -0.1) is 0 Å². The van der Waals surface area contributed by atoms with E-state index in [1.165, 1.54) is 5.56 Å². The molecule has 1 aromatic rings. The molecular formula is C17H31N3. The van der Waals surface area contributed by atoms with Crippen LogP contribution in [0, 0.1) is 0 Å². The summed E-state index contributed by atoms with van der Waals surface area (Å²) in [6, 6.07) is 11.2. The van der Waals surface area contributed by atoms with E-state index in [0.717, 1.165) is 19.6 Å². The molecule has 0 amide bonds. The second kappa shape index (κ2) is 7.77. The highest BCUT2D eigenvalue weighted by Crippen LogP contribution is 2.19. The van der Waals surface area contributed by atoms with E-state index >= 15 is 0 Å². The lowest BCUT2D eigenvalue weighted by Gasteiger charge is -2.32. The quantitative estimate of drug-likeness (QED) is 0.826. The van der Waals surface area contributed by atoms with E-state index in [1.54, 1.807) is 0 Å². The second-order valence-electron chi connectivity index (χ2n) is 6.84. The summed E-state index contributed by atoms with van der Waals surface area (Å²) in [4.78, 5) is 4.67. The van der Waals surface area contributed by atoms with Gasteiger partial charge >= 0.3 is 0 Å². The van der Waals surface area contributed by atoms with Gasteiger partial charge in [-0.3, -0.25) is 4.90 Å². The van der Waals surface area contributed by atoms with Gasteiger partial charge < -0.3 is 10.2 Å². The maximum Gasteiger partial charge on any atom is 0.0470 e. The lowest BCUT2D eigenvalue weighted by atomic mass is 10.0. The van der Waals surface area contributed by atoms with Gasteiger partial charge in [0.2, 0.25) is 0 Å². The molecule has 0 bridgehead atoms. The maximum absolute atomic E-state index is 3.63. The van der Waals surface area contributed by atoms with Crippen molar-refractivity contribution < 1.29 is 0 Å². The van der Waals surface area contributed by atoms with Crippen molar-refractivity contribution in [2.75, 3.05) is 40.8 Å². The number of likely N-dealkylation sites (N-methyl/N-ethyl adjacent to an activating group) is 2. The van der Waals surface area contributed by atoms with Gasteiger partial charge in [0.25, 0.3) is 0 Å². The maximum atomic E-state index is 3.63. The predicted octanol–water partition coefficient (Wildman–Crippen LogP) is 2.61. The van der Waals surface area contributed by atoms with E-state index in [2.05, 4.69) is 87.4 Å². The molecule has 0 heterocycles. The Balaban J connectivity index is 2.73. The zero-order valence-corrected chi connectivity index (χ0v) is 14.0. The highest BCUT2D eigenvalue weighted by molar-refractivity contribution is 5.19. The summed E-state index contributed by atoms with van der Waals surface area (Å²) in [5, 5.41) is 3.63. The van der Waals surface area contributed by atoms with Crippen LogP contribution >= 0.6 is 0 Å². The summed E-state index contributed by atoms with van der Waals surface area (Å²) in [6.07, 6.45) is 0. The Morgan fingerprint density at radius 3 is 2.10 bits per heavy atom. The minimum atomic E-state index is 0.148. The van der Waals surface area contributed by atoms with Gasteiger partial charge in [-0.1, -0.05) is 30.3 Å². The number of nitrogens with one attached hydrogen (secondary N) is 1. The average Bonchev–Trinajstić information content (AvgIpc) is 2.36. The predicted molar refractivity (Wildman–Crippen MR) is 88.1 cm³/mol. The third-order valence-electron chi connectivity index (χ3n) is 3.44. The minimum absolute atomic E-state index is 0.148. The molecule has 0 saturated heterocycles. The molecular weight excluding hydrogens is 246 g/mol. The average molecular weight is 277 g/mol. The first kappa shape index (κ1) is 17.2. The van der Waals surface area contributed by atoms with Crippen LogP contribution in [0.4, 0.5) is 0 Å². The third kappa shape index (κ3) is 6.51. The van der Waals surface area contributed by atoms with E-state index in [0.29, 0.717) is 6.04 Å². The van der Waals surface area contributed by atoms with Gasteiger partial charge in [0.05, 0.1) is 0 Å². The van der Waals surface area contributed by atoms with Gasteiger partial charge in [-0.2, -0.15) is 0 Å². The fourth-order valence-corrected chi connectivity index (χ4v) is 2.12. The molecule has 0 saturated carbocycles. The summed E-state index contributed by atoms with van der Waals surface area (Å²) < 4.78 is 0. The van der Waals surface area contributed by atoms with Crippen molar-refractivity contribution in [3.05, 3.63) is 35.9 Å². The third-order valence-corrected chi connectivity index (χ3v) is 3.44. The molecule has 0 aliphatic rings. The molecule has 0 aliphatic heterocycles. The van der Waals surface area contributed by atoms with Crippen molar-refractivity contribution in [3.8, 4) is 0 Å². The Morgan fingerprint density at radius 2 is 1.60 bits per heavy atom. The number of hydrogen-bond donors (Lipinski definition) is 1. The fourth-order valence-electron chi connectivity index (χ4n) is 2.12. The lowest BCUT2D eigenvalue weighted by molar-refractivity contribution is 0.203. The monoisotopic (exact) mass is 277 g/mol. The van der Waals surface area contributed by atoms with Crippen LogP contribution < -0.4 is 5.32 Å². The standard InChI is InChI=1S/C17H31N3/c1-17(2,3)18-14-16(15-10-8-7-9-11-15)20(6)13-12-19(4)5/h7-11,16,18H,12-14H2,1-6H3. The first-order valence-corrected chi connectivity index (χ1v) is 7.44. The zero-order chi connectivity index (χ0) is 15.2. The minimum Gasteiger partial charge on any atom is -0.310 e. The van der Waals surface area contributed by atoms with Gasteiger partial charge in [-0.05, 0) is 47.5 Å². The molecule has 20 heavy (non-hydrogen) atoms. The summed E-state index contributed by atoms with van der Waals surface area (Å²) in [7, 11) is 6.46. The molecule has 0 aliphatic carbocycles. The van der Waals surface area contributed by atoms with Crippen molar-refractivity contribution in [1.29, 1.82) is 0 Å². The topological polar surface area (TPSA) is 18.5 Å². The molecule has 0 aromatic heterocycles. The summed E-state index contributed by atoms with van der Waals surface area (Å²) in [6.45, 7) is 9.77. The van der Waals surface area contributed by atoms with Crippen LogP contribution in [0.15, 0.2) is 30.3 Å². The molecule has 1 atom stereocenters. The zero-order valence-electron chi connectivity index (χ0n) is 14.0. The van der Waals surface area contributed by atoms with E-state index in [-0.39, 0.29) is 5.54 Å². The Morgan fingerprint density at radius 1 is 1.00 bits per heavy atom. The van der Waals surface area contributed by atoms with Crippen molar-refractivity contribution >= 4 is 0 Å². The Kier molecular flexibility index (Phi) is 6.66. The number of rotatable bonds is 7. The summed E-state index contributed by atoms with van der Waals surface area (Å²) in [5.41, 5.74) is 1.53. The Hall–Kier alpha value is -0.900. The molecule has 0 fully saturated rings. The first-order valence-electron chi connectivity index (χ1n) is 7.44. The normalized spacial score (nSPS) is 14.0. The van der Waals surface area contributed by atoms with Crippen LogP contribution in [-0.2, 0) is 0 Å². The van der Waals surface area contributed by atoms with Crippen molar-refractivity contribution in [2.24, 2.45) is 0 Å². The smallest absolute Gasteiger partial charge is 0.0470 e. The van der Waals surface area contributed by atoms with Crippen LogP contribution in [0.1, 0.15) is 32.4 Å². The van der Waals surface area contributed by atoms with Crippen LogP contribution in [0.5, 0.6) is 0 Å². The highest BCUT2D eigenvalue weighted by atomic mass is 15.2. The van der Waals surface area contributed by atoms with E-state index in [9.17, 15) is 0 Å². The summed E-state index contributed by atoms with van der Waals surface area (Å²) >= 11 is 0. The van der Waals surface area contributed by atoms with E-state index in [1.807, 2.05) is 0 Å². The highest BCUT2D eigenvalue weighted by Gasteiger charge is 2.19. The van der Waals surface area contributed by atoms with Crippen LogP contribution in [-0.4, -0.2) is 56.1 Å². The van der Waals surface area contributed by atoms with Gasteiger partial charge in [0.1, 0.15) is 0 Å². The Labute approximate surface area is 125 Å². The first-order chi connectivity index (χ1) is 9.29. The molecule has 3 nitrogen and oxygen atoms in total. The molecule has 1 rings (SSSR count). The number of benzene rings is 1. The molecule has 114 valence electrons. The van der Waals surface area contributed by atoms with Crippen molar-refractivity contribution in [2.45, 2.75) is 32.4 Å². The van der Waals surface area contributed by atoms with E-state index < -0.39 is 0 Å². The van der Waals surface area contributed by atoms with Gasteiger partial charge in [0.15, 0.2) is 0 Å². The molecule has 1 aromatic carbocycles.